The number of anilines is 3. The van der Waals surface area contributed by atoms with E-state index < -0.39 is 10.0 Å². The molecule has 0 radical (unpaired) electrons. The van der Waals surface area contributed by atoms with Crippen LogP contribution in [0, 0.1) is 6.92 Å². The zero-order valence-electron chi connectivity index (χ0n) is 14.3. The Hall–Kier alpha value is -2.19. The molecule has 0 spiro atoms. The number of hydrogen-bond donors (Lipinski definition) is 3. The van der Waals surface area contributed by atoms with Crippen LogP contribution >= 0.6 is 0 Å². The summed E-state index contributed by atoms with van der Waals surface area (Å²) in [4.78, 5) is 8.80. The second-order valence-electron chi connectivity index (χ2n) is 5.68. The fraction of sp³-hybridized carbons (Fsp3) is 0.375. The molecule has 2 aromatic rings. The molecule has 0 saturated carbocycles. The van der Waals surface area contributed by atoms with Gasteiger partial charge in [0.05, 0.1) is 4.90 Å². The van der Waals surface area contributed by atoms with Crippen LogP contribution in [-0.4, -0.2) is 31.0 Å². The van der Waals surface area contributed by atoms with Gasteiger partial charge in [-0.2, -0.15) is 4.98 Å². The number of rotatable bonds is 7. The van der Waals surface area contributed by atoms with Crippen molar-refractivity contribution >= 4 is 27.5 Å². The molecule has 0 aliphatic heterocycles. The van der Waals surface area contributed by atoms with Crippen molar-refractivity contribution in [1.82, 2.24) is 14.7 Å². The van der Waals surface area contributed by atoms with E-state index in [1.54, 1.807) is 44.3 Å². The summed E-state index contributed by atoms with van der Waals surface area (Å²) in [5, 5.41) is 6.20. The van der Waals surface area contributed by atoms with E-state index in [0.717, 1.165) is 12.1 Å². The van der Waals surface area contributed by atoms with Crippen molar-refractivity contribution in [1.29, 1.82) is 0 Å². The van der Waals surface area contributed by atoms with Crippen molar-refractivity contribution in [3.63, 3.8) is 0 Å². The number of nitrogens with zero attached hydrogens (tertiary/aromatic N) is 2. The largest absolute Gasteiger partial charge is 0.354 e. The highest BCUT2D eigenvalue weighted by Crippen LogP contribution is 2.21. The average Bonchev–Trinajstić information content (AvgIpc) is 2.50. The van der Waals surface area contributed by atoms with E-state index in [0.29, 0.717) is 17.5 Å². The molecule has 3 N–H and O–H groups in total. The van der Waals surface area contributed by atoms with Crippen LogP contribution in [0.4, 0.5) is 17.5 Å². The lowest BCUT2D eigenvalue weighted by Crippen LogP contribution is -2.30. The normalized spacial score (nSPS) is 11.5. The van der Waals surface area contributed by atoms with Gasteiger partial charge in [0.25, 0.3) is 0 Å². The molecule has 1 aromatic carbocycles. The third-order valence-corrected chi connectivity index (χ3v) is 4.76. The Morgan fingerprint density at radius 1 is 1.25 bits per heavy atom. The van der Waals surface area contributed by atoms with Gasteiger partial charge >= 0.3 is 0 Å². The van der Waals surface area contributed by atoms with E-state index in [-0.39, 0.29) is 10.9 Å². The molecule has 0 aliphatic rings. The number of hydrogen-bond acceptors (Lipinski definition) is 6. The first-order valence-corrected chi connectivity index (χ1v) is 9.27. The van der Waals surface area contributed by atoms with Crippen molar-refractivity contribution in [2.45, 2.75) is 38.6 Å². The number of aromatic nitrogens is 2. The molecule has 1 heterocycles. The minimum Gasteiger partial charge on any atom is -0.354 e. The van der Waals surface area contributed by atoms with E-state index in [1.165, 1.54) is 0 Å². The highest BCUT2D eigenvalue weighted by atomic mass is 32.2. The van der Waals surface area contributed by atoms with Gasteiger partial charge in [0.2, 0.25) is 16.0 Å². The minimum absolute atomic E-state index is 0.168. The topological polar surface area (TPSA) is 96.0 Å². The molecule has 0 bridgehead atoms. The van der Waals surface area contributed by atoms with Crippen LogP contribution in [0.1, 0.15) is 26.3 Å². The molecule has 8 heteroatoms. The van der Waals surface area contributed by atoms with Crippen LogP contribution in [0.5, 0.6) is 0 Å². The van der Waals surface area contributed by atoms with Gasteiger partial charge in [-0.15, -0.1) is 0 Å². The molecule has 0 fully saturated rings. The first kappa shape index (κ1) is 18.2. The summed E-state index contributed by atoms with van der Waals surface area (Å²) in [6.07, 6.45) is 1.72. The average molecular weight is 349 g/mol. The van der Waals surface area contributed by atoms with Gasteiger partial charge in [0.15, 0.2) is 0 Å². The Balaban J connectivity index is 2.29. The summed E-state index contributed by atoms with van der Waals surface area (Å²) in [5.74, 6) is 1.16. The van der Waals surface area contributed by atoms with E-state index in [1.807, 2.05) is 13.8 Å². The molecular weight excluding hydrogens is 326 g/mol. The lowest BCUT2D eigenvalue weighted by atomic mass is 10.3. The molecule has 24 heavy (non-hydrogen) atoms. The fourth-order valence-electron chi connectivity index (χ4n) is 2.07. The summed E-state index contributed by atoms with van der Waals surface area (Å²) in [6.45, 7) is 8.14. The zero-order chi connectivity index (χ0) is 17.7. The van der Waals surface area contributed by atoms with Crippen LogP contribution in [0.15, 0.2) is 35.4 Å². The maximum Gasteiger partial charge on any atom is 0.240 e. The van der Waals surface area contributed by atoms with Crippen molar-refractivity contribution < 1.29 is 8.42 Å². The Morgan fingerprint density at radius 3 is 2.67 bits per heavy atom. The first-order chi connectivity index (χ1) is 11.3. The molecule has 0 saturated heterocycles. The maximum atomic E-state index is 12.3. The minimum atomic E-state index is -3.54. The van der Waals surface area contributed by atoms with Gasteiger partial charge < -0.3 is 10.6 Å². The van der Waals surface area contributed by atoms with Gasteiger partial charge in [-0.3, -0.25) is 0 Å². The first-order valence-electron chi connectivity index (χ1n) is 7.78. The predicted octanol–water partition coefficient (Wildman–Crippen LogP) is 2.65. The summed E-state index contributed by atoms with van der Waals surface area (Å²) >= 11 is 0. The van der Waals surface area contributed by atoms with Gasteiger partial charge in [-0.1, -0.05) is 6.07 Å². The Labute approximate surface area is 143 Å². The zero-order valence-corrected chi connectivity index (χ0v) is 15.1. The van der Waals surface area contributed by atoms with E-state index >= 15 is 0 Å². The van der Waals surface area contributed by atoms with Crippen LogP contribution in [0.3, 0.4) is 0 Å². The summed E-state index contributed by atoms with van der Waals surface area (Å²) in [5.41, 5.74) is 1.51. The third-order valence-electron chi connectivity index (χ3n) is 3.10. The van der Waals surface area contributed by atoms with E-state index in [4.69, 9.17) is 0 Å². The lowest BCUT2D eigenvalue weighted by molar-refractivity contribution is 0.570. The predicted molar refractivity (Wildman–Crippen MR) is 96.1 cm³/mol. The van der Waals surface area contributed by atoms with Crippen molar-refractivity contribution in [2.75, 3.05) is 17.2 Å². The number of sulfonamides is 1. The van der Waals surface area contributed by atoms with Crippen LogP contribution in [-0.2, 0) is 10.0 Å². The number of nitrogens with one attached hydrogen (secondary N) is 3. The Bertz CT molecular complexity index is 806. The third kappa shape index (κ3) is 4.65. The van der Waals surface area contributed by atoms with Crippen molar-refractivity contribution in [3.05, 3.63) is 36.0 Å². The highest BCUT2D eigenvalue weighted by Gasteiger charge is 2.16. The molecule has 2 rings (SSSR count). The van der Waals surface area contributed by atoms with Crippen molar-refractivity contribution in [2.24, 2.45) is 0 Å². The van der Waals surface area contributed by atoms with Crippen molar-refractivity contribution in [3.8, 4) is 0 Å². The SMILES string of the molecule is CCNc1ncc(C)c(Nc2cccc(S(=O)(=O)NC(C)C)c2)n1. The van der Waals surface area contributed by atoms with Gasteiger partial charge in [0.1, 0.15) is 5.82 Å². The van der Waals surface area contributed by atoms with Crippen LogP contribution in [0.2, 0.25) is 0 Å². The molecule has 130 valence electrons. The number of aryl methyl sites for hydroxylation is 1. The molecular formula is C16H23N5O2S. The van der Waals surface area contributed by atoms with Crippen LogP contribution in [0.25, 0.3) is 0 Å². The summed E-state index contributed by atoms with van der Waals surface area (Å²) in [7, 11) is -3.54. The standard InChI is InChI=1S/C16H23N5O2S/c1-5-17-16-18-10-12(4)15(20-16)19-13-7-6-8-14(9-13)24(22,23)21-11(2)3/h6-11,21H,5H2,1-4H3,(H2,17,18,19,20). The smallest absolute Gasteiger partial charge is 0.240 e. The number of benzene rings is 1. The second kappa shape index (κ2) is 7.59. The maximum absolute atomic E-state index is 12.3. The Kier molecular flexibility index (Phi) is 5.74. The fourth-order valence-corrected chi connectivity index (χ4v) is 3.36. The van der Waals surface area contributed by atoms with Gasteiger partial charge in [0, 0.05) is 30.0 Å². The Morgan fingerprint density at radius 2 is 2.00 bits per heavy atom. The molecule has 7 nitrogen and oxygen atoms in total. The molecule has 0 atom stereocenters. The van der Waals surface area contributed by atoms with E-state index in [2.05, 4.69) is 25.3 Å². The monoisotopic (exact) mass is 349 g/mol. The van der Waals surface area contributed by atoms with Gasteiger partial charge in [-0.05, 0) is 45.9 Å². The van der Waals surface area contributed by atoms with Gasteiger partial charge in [-0.25, -0.2) is 18.1 Å². The summed E-state index contributed by atoms with van der Waals surface area (Å²) < 4.78 is 27.1. The summed E-state index contributed by atoms with van der Waals surface area (Å²) in [6, 6.07) is 6.46. The second-order valence-corrected chi connectivity index (χ2v) is 7.40. The molecule has 0 amide bonds. The van der Waals surface area contributed by atoms with Crippen LogP contribution < -0.4 is 15.4 Å². The molecule has 0 unspecified atom stereocenters. The quantitative estimate of drug-likeness (QED) is 0.711. The molecule has 0 aliphatic carbocycles. The molecule has 1 aromatic heterocycles. The van der Waals surface area contributed by atoms with E-state index in [9.17, 15) is 8.42 Å². The lowest BCUT2D eigenvalue weighted by Gasteiger charge is -2.13. The highest BCUT2D eigenvalue weighted by molar-refractivity contribution is 7.89.